The van der Waals surface area contributed by atoms with Crippen molar-refractivity contribution in [3.8, 4) is 0 Å². The van der Waals surface area contributed by atoms with Crippen LogP contribution in [0.3, 0.4) is 0 Å². The fourth-order valence-corrected chi connectivity index (χ4v) is 1.26. The first-order chi connectivity index (χ1) is 5.70. The molecule has 64 valence electrons. The normalized spacial score (nSPS) is 16.5. The number of hydrogen-bond acceptors (Lipinski definition) is 2. The highest BCUT2D eigenvalue weighted by atomic mass is 16.1. The molecule has 2 rings (SSSR count). The molecule has 0 bridgehead atoms. The van der Waals surface area contributed by atoms with E-state index >= 15 is 0 Å². The molecular weight excluding hydrogens is 152 g/mol. The van der Waals surface area contributed by atoms with Crippen molar-refractivity contribution in [1.29, 1.82) is 0 Å². The first kappa shape index (κ1) is 7.53. The van der Waals surface area contributed by atoms with E-state index in [-0.39, 0.29) is 5.56 Å². The van der Waals surface area contributed by atoms with Gasteiger partial charge in [-0.05, 0) is 26.7 Å². The maximum Gasteiger partial charge on any atom is 0.256 e. The van der Waals surface area contributed by atoms with Crippen LogP contribution in [0.25, 0.3) is 0 Å². The second kappa shape index (κ2) is 2.44. The lowest BCUT2D eigenvalue weighted by atomic mass is 10.3. The van der Waals surface area contributed by atoms with Gasteiger partial charge in [0.05, 0.1) is 6.33 Å². The highest BCUT2D eigenvalue weighted by Crippen LogP contribution is 2.32. The number of nitrogens with zero attached hydrogens (tertiary/aromatic N) is 2. The van der Waals surface area contributed by atoms with Crippen molar-refractivity contribution >= 4 is 0 Å². The standard InChI is InChI=1S/C9H12N2O/c1-6-7(2)10-5-11(9(6)12)8-3-4-8/h5,8H,3-4H2,1-2H3. The largest absolute Gasteiger partial charge is 0.296 e. The zero-order chi connectivity index (χ0) is 8.72. The zero-order valence-electron chi connectivity index (χ0n) is 7.37. The van der Waals surface area contributed by atoms with Crippen LogP contribution >= 0.6 is 0 Å². The monoisotopic (exact) mass is 164 g/mol. The first-order valence-corrected chi connectivity index (χ1v) is 4.24. The van der Waals surface area contributed by atoms with E-state index in [9.17, 15) is 4.79 Å². The minimum Gasteiger partial charge on any atom is -0.296 e. The number of hydrogen-bond donors (Lipinski definition) is 0. The summed E-state index contributed by atoms with van der Waals surface area (Å²) in [6, 6.07) is 0.435. The Bertz CT molecular complexity index is 363. The molecule has 1 saturated carbocycles. The average molecular weight is 164 g/mol. The second-order valence-electron chi connectivity index (χ2n) is 3.40. The number of aromatic nitrogens is 2. The first-order valence-electron chi connectivity index (χ1n) is 4.24. The van der Waals surface area contributed by atoms with E-state index in [4.69, 9.17) is 0 Å². The maximum absolute atomic E-state index is 11.6. The van der Waals surface area contributed by atoms with E-state index in [1.807, 2.05) is 13.8 Å². The van der Waals surface area contributed by atoms with Gasteiger partial charge in [0, 0.05) is 17.3 Å². The summed E-state index contributed by atoms with van der Waals surface area (Å²) in [4.78, 5) is 15.8. The summed E-state index contributed by atoms with van der Waals surface area (Å²) in [5.41, 5.74) is 1.76. The molecule has 1 aromatic heterocycles. The SMILES string of the molecule is Cc1ncn(C2CC2)c(=O)c1C. The highest BCUT2D eigenvalue weighted by molar-refractivity contribution is 5.13. The van der Waals surface area contributed by atoms with Gasteiger partial charge in [0.15, 0.2) is 0 Å². The fraction of sp³-hybridized carbons (Fsp3) is 0.556. The van der Waals surface area contributed by atoms with Crippen molar-refractivity contribution in [3.05, 3.63) is 27.9 Å². The van der Waals surface area contributed by atoms with E-state index in [0.717, 1.165) is 24.1 Å². The smallest absolute Gasteiger partial charge is 0.256 e. The van der Waals surface area contributed by atoms with E-state index in [1.165, 1.54) is 0 Å². The minimum atomic E-state index is 0.130. The van der Waals surface area contributed by atoms with Crippen LogP contribution in [0.15, 0.2) is 11.1 Å². The van der Waals surface area contributed by atoms with Crippen molar-refractivity contribution in [2.24, 2.45) is 0 Å². The van der Waals surface area contributed by atoms with Gasteiger partial charge in [-0.3, -0.25) is 9.36 Å². The third kappa shape index (κ3) is 1.05. The summed E-state index contributed by atoms with van der Waals surface area (Å²) in [5.74, 6) is 0. The third-order valence-corrected chi connectivity index (χ3v) is 2.41. The molecule has 0 unspecified atom stereocenters. The quantitative estimate of drug-likeness (QED) is 0.625. The summed E-state index contributed by atoms with van der Waals surface area (Å²) in [6.45, 7) is 3.71. The van der Waals surface area contributed by atoms with Gasteiger partial charge in [0.1, 0.15) is 0 Å². The molecule has 1 fully saturated rings. The molecule has 0 amide bonds. The molecule has 1 aromatic rings. The molecule has 0 spiro atoms. The van der Waals surface area contributed by atoms with Crippen molar-refractivity contribution < 1.29 is 0 Å². The third-order valence-electron chi connectivity index (χ3n) is 2.41. The molecule has 1 aliphatic carbocycles. The molecule has 12 heavy (non-hydrogen) atoms. The van der Waals surface area contributed by atoms with E-state index < -0.39 is 0 Å². The molecule has 0 aliphatic heterocycles. The molecular formula is C9H12N2O. The predicted molar refractivity (Wildman–Crippen MR) is 46.2 cm³/mol. The van der Waals surface area contributed by atoms with Gasteiger partial charge in [-0.25, -0.2) is 4.98 Å². The van der Waals surface area contributed by atoms with Crippen LogP contribution in [0, 0.1) is 13.8 Å². The van der Waals surface area contributed by atoms with Crippen LogP contribution < -0.4 is 5.56 Å². The second-order valence-corrected chi connectivity index (χ2v) is 3.40. The molecule has 1 heterocycles. The highest BCUT2D eigenvalue weighted by Gasteiger charge is 2.25. The van der Waals surface area contributed by atoms with Crippen LogP contribution in [0.2, 0.25) is 0 Å². The Balaban J connectivity index is 2.57. The van der Waals surface area contributed by atoms with Gasteiger partial charge in [-0.1, -0.05) is 0 Å². The zero-order valence-corrected chi connectivity index (χ0v) is 7.37. The van der Waals surface area contributed by atoms with Crippen molar-refractivity contribution in [3.63, 3.8) is 0 Å². The van der Waals surface area contributed by atoms with Gasteiger partial charge in [-0.2, -0.15) is 0 Å². The van der Waals surface area contributed by atoms with Crippen molar-refractivity contribution in [2.45, 2.75) is 32.7 Å². The molecule has 1 aliphatic rings. The van der Waals surface area contributed by atoms with Crippen LogP contribution in [0.1, 0.15) is 30.1 Å². The molecule has 3 nitrogen and oxygen atoms in total. The van der Waals surface area contributed by atoms with Gasteiger partial charge in [-0.15, -0.1) is 0 Å². The maximum atomic E-state index is 11.6. The van der Waals surface area contributed by atoms with E-state index in [0.29, 0.717) is 6.04 Å². The lowest BCUT2D eigenvalue weighted by Gasteiger charge is -2.04. The summed E-state index contributed by atoms with van der Waals surface area (Å²) in [7, 11) is 0. The molecule has 0 N–H and O–H groups in total. The average Bonchev–Trinajstić information content (AvgIpc) is 2.84. The van der Waals surface area contributed by atoms with E-state index in [2.05, 4.69) is 4.98 Å². The predicted octanol–water partition coefficient (Wildman–Crippen LogP) is 1.20. The number of aryl methyl sites for hydroxylation is 1. The Morgan fingerprint density at radius 3 is 2.75 bits per heavy atom. The van der Waals surface area contributed by atoms with Gasteiger partial charge < -0.3 is 0 Å². The molecule has 0 saturated heterocycles. The summed E-state index contributed by atoms with van der Waals surface area (Å²) < 4.78 is 1.75. The lowest BCUT2D eigenvalue weighted by molar-refractivity contribution is 0.676. The van der Waals surface area contributed by atoms with Crippen LogP contribution in [-0.4, -0.2) is 9.55 Å². The summed E-state index contributed by atoms with van der Waals surface area (Å²) >= 11 is 0. The topological polar surface area (TPSA) is 34.9 Å². The Labute approximate surface area is 71.1 Å². The van der Waals surface area contributed by atoms with Gasteiger partial charge in [0.25, 0.3) is 5.56 Å². The summed E-state index contributed by atoms with van der Waals surface area (Å²) in [6.07, 6.45) is 3.93. The van der Waals surface area contributed by atoms with Crippen LogP contribution in [-0.2, 0) is 0 Å². The molecule has 0 radical (unpaired) electrons. The Morgan fingerprint density at radius 1 is 1.50 bits per heavy atom. The van der Waals surface area contributed by atoms with Crippen LogP contribution in [0.5, 0.6) is 0 Å². The van der Waals surface area contributed by atoms with E-state index in [1.54, 1.807) is 10.9 Å². The minimum absolute atomic E-state index is 0.130. The lowest BCUT2D eigenvalue weighted by Crippen LogP contribution is -2.22. The Hall–Kier alpha value is -1.12. The van der Waals surface area contributed by atoms with Crippen molar-refractivity contribution in [2.75, 3.05) is 0 Å². The fourth-order valence-electron chi connectivity index (χ4n) is 1.26. The molecule has 3 heteroatoms. The van der Waals surface area contributed by atoms with Gasteiger partial charge >= 0.3 is 0 Å². The Morgan fingerprint density at radius 2 is 2.17 bits per heavy atom. The molecule has 0 atom stereocenters. The Kier molecular flexibility index (Phi) is 1.53. The van der Waals surface area contributed by atoms with Crippen LogP contribution in [0.4, 0.5) is 0 Å². The van der Waals surface area contributed by atoms with Gasteiger partial charge in [0.2, 0.25) is 0 Å². The molecule has 0 aromatic carbocycles. The number of rotatable bonds is 1. The van der Waals surface area contributed by atoms with Crippen molar-refractivity contribution in [1.82, 2.24) is 9.55 Å². The summed E-state index contributed by atoms with van der Waals surface area (Å²) in [5, 5.41) is 0.